The molecule has 2 atom stereocenters. The van der Waals surface area contributed by atoms with Gasteiger partial charge in [0.05, 0.1) is 17.7 Å². The number of nitrogens with one attached hydrogen (secondary N) is 1. The monoisotopic (exact) mass is 320 g/mol. The fourth-order valence-corrected chi connectivity index (χ4v) is 3.57. The smallest absolute Gasteiger partial charge is 0.144 e. The molecule has 0 spiro atoms. The summed E-state index contributed by atoms with van der Waals surface area (Å²) in [7, 11) is 0. The molecule has 1 N–H and O–H groups in total. The Morgan fingerprint density at radius 2 is 2.21 bits per heavy atom. The molecule has 3 rings (SSSR count). The fraction of sp³-hybridized carbons (Fsp3) is 0.467. The zero-order chi connectivity index (χ0) is 13.6. The molecule has 1 heterocycles. The number of rotatable bonds is 1. The molecule has 0 radical (unpaired) electrons. The summed E-state index contributed by atoms with van der Waals surface area (Å²) in [6, 6.07) is 8.16. The van der Waals surface area contributed by atoms with Crippen LogP contribution >= 0.6 is 15.9 Å². The largest absolute Gasteiger partial charge is 0.306 e. The Bertz CT molecular complexity index is 565. The number of carbonyl (C=O) groups is 1. The minimum atomic E-state index is -0.0812. The highest BCUT2D eigenvalue weighted by Gasteiger charge is 2.46. The van der Waals surface area contributed by atoms with E-state index in [1.807, 2.05) is 24.3 Å². The van der Waals surface area contributed by atoms with E-state index in [9.17, 15) is 4.79 Å². The molecule has 4 heteroatoms. The van der Waals surface area contributed by atoms with Crippen molar-refractivity contribution in [3.05, 3.63) is 34.3 Å². The molecule has 0 amide bonds. The van der Waals surface area contributed by atoms with E-state index in [0.717, 1.165) is 22.2 Å². The van der Waals surface area contributed by atoms with Crippen molar-refractivity contribution in [3.63, 3.8) is 0 Å². The van der Waals surface area contributed by atoms with Gasteiger partial charge in [-0.15, -0.1) is 0 Å². The summed E-state index contributed by atoms with van der Waals surface area (Å²) in [6.45, 7) is 4.31. The summed E-state index contributed by atoms with van der Waals surface area (Å²) in [5.74, 6) is 0.229. The van der Waals surface area contributed by atoms with Crippen LogP contribution in [-0.2, 0) is 4.79 Å². The van der Waals surface area contributed by atoms with E-state index in [-0.39, 0.29) is 17.4 Å². The number of hydrazone groups is 1. The average molecular weight is 321 g/mol. The highest BCUT2D eigenvalue weighted by atomic mass is 79.9. The molecule has 2 aliphatic rings. The number of Topliss-reactive ketones (excluding diaryl/α,β-unsaturated/α-hetero) is 1. The predicted molar refractivity (Wildman–Crippen MR) is 79.1 cm³/mol. The van der Waals surface area contributed by atoms with Crippen molar-refractivity contribution in [2.24, 2.45) is 16.4 Å². The number of hydrogen-bond acceptors (Lipinski definition) is 3. The van der Waals surface area contributed by atoms with E-state index in [1.165, 1.54) is 0 Å². The maximum absolute atomic E-state index is 12.4. The molecule has 0 saturated heterocycles. The Morgan fingerprint density at radius 3 is 2.95 bits per heavy atom. The molecular formula is C15H17BrN2O. The lowest BCUT2D eigenvalue weighted by atomic mass is 9.68. The van der Waals surface area contributed by atoms with Gasteiger partial charge in [-0.25, -0.2) is 0 Å². The first kappa shape index (κ1) is 12.9. The third-order valence-corrected chi connectivity index (χ3v) is 4.43. The van der Waals surface area contributed by atoms with Crippen LogP contribution < -0.4 is 5.43 Å². The van der Waals surface area contributed by atoms with Crippen LogP contribution in [-0.4, -0.2) is 17.5 Å². The van der Waals surface area contributed by atoms with Gasteiger partial charge in [0.2, 0.25) is 0 Å². The van der Waals surface area contributed by atoms with Crippen molar-refractivity contribution in [1.29, 1.82) is 0 Å². The van der Waals surface area contributed by atoms with Gasteiger partial charge in [0.25, 0.3) is 0 Å². The SMILES string of the molecule is CC1(C)CC(=O)[C@@H]2C(c3cccc(Br)c3)=NN[C@H]2C1. The number of nitrogens with zero attached hydrogens (tertiary/aromatic N) is 1. The van der Waals surface area contributed by atoms with Gasteiger partial charge in [0.1, 0.15) is 5.78 Å². The lowest BCUT2D eigenvalue weighted by molar-refractivity contribution is -0.126. The summed E-state index contributed by atoms with van der Waals surface area (Å²) >= 11 is 3.47. The summed E-state index contributed by atoms with van der Waals surface area (Å²) in [5.41, 5.74) is 5.17. The zero-order valence-electron chi connectivity index (χ0n) is 11.1. The van der Waals surface area contributed by atoms with Gasteiger partial charge in [0, 0.05) is 10.9 Å². The Labute approximate surface area is 121 Å². The first-order chi connectivity index (χ1) is 8.96. The number of halogens is 1. The van der Waals surface area contributed by atoms with Gasteiger partial charge in [-0.1, -0.05) is 41.9 Å². The Hall–Kier alpha value is -1.16. The molecule has 0 aromatic heterocycles. The minimum Gasteiger partial charge on any atom is -0.306 e. The highest BCUT2D eigenvalue weighted by molar-refractivity contribution is 9.10. The van der Waals surface area contributed by atoms with Crippen molar-refractivity contribution in [2.75, 3.05) is 0 Å². The van der Waals surface area contributed by atoms with Gasteiger partial charge in [-0.05, 0) is 29.5 Å². The van der Waals surface area contributed by atoms with E-state index in [0.29, 0.717) is 12.2 Å². The average Bonchev–Trinajstić information content (AvgIpc) is 2.71. The van der Waals surface area contributed by atoms with E-state index in [4.69, 9.17) is 0 Å². The van der Waals surface area contributed by atoms with Crippen LogP contribution in [0.2, 0.25) is 0 Å². The highest BCUT2D eigenvalue weighted by Crippen LogP contribution is 2.39. The number of fused-ring (bicyclic) bond motifs is 1. The second-order valence-electron chi connectivity index (χ2n) is 6.23. The summed E-state index contributed by atoms with van der Waals surface area (Å²) in [4.78, 5) is 12.4. The van der Waals surface area contributed by atoms with Crippen LogP contribution in [0.5, 0.6) is 0 Å². The normalized spacial score (nSPS) is 28.6. The molecule has 3 nitrogen and oxygen atoms in total. The zero-order valence-corrected chi connectivity index (χ0v) is 12.7. The molecule has 100 valence electrons. The number of ketones is 1. The summed E-state index contributed by atoms with van der Waals surface area (Å²) < 4.78 is 1.01. The van der Waals surface area contributed by atoms with Crippen LogP contribution in [0.15, 0.2) is 33.8 Å². The number of benzene rings is 1. The first-order valence-electron chi connectivity index (χ1n) is 6.58. The van der Waals surface area contributed by atoms with E-state index in [1.54, 1.807) is 0 Å². The molecule has 1 saturated carbocycles. The molecule has 1 aliphatic carbocycles. The standard InChI is InChI=1S/C15H17BrN2O/c1-15(2)7-11-13(12(19)8-15)14(18-17-11)9-4-3-5-10(16)6-9/h3-6,11,13,17H,7-8H2,1-2H3/t11-,13+/m0/s1. The maximum atomic E-state index is 12.4. The number of hydrogen-bond donors (Lipinski definition) is 1. The van der Waals surface area contributed by atoms with E-state index < -0.39 is 0 Å². The summed E-state index contributed by atoms with van der Waals surface area (Å²) in [5, 5.41) is 4.43. The molecule has 1 aromatic carbocycles. The quantitative estimate of drug-likeness (QED) is 0.863. The third kappa shape index (κ3) is 2.34. The predicted octanol–water partition coefficient (Wildman–Crippen LogP) is 3.13. The maximum Gasteiger partial charge on any atom is 0.144 e. The third-order valence-electron chi connectivity index (χ3n) is 3.94. The van der Waals surface area contributed by atoms with Crippen LogP contribution in [0, 0.1) is 11.3 Å². The van der Waals surface area contributed by atoms with Gasteiger partial charge in [0.15, 0.2) is 0 Å². The molecular weight excluding hydrogens is 304 g/mol. The van der Waals surface area contributed by atoms with Crippen molar-refractivity contribution in [3.8, 4) is 0 Å². The molecule has 1 fully saturated rings. The van der Waals surface area contributed by atoms with E-state index >= 15 is 0 Å². The lowest BCUT2D eigenvalue weighted by Gasteiger charge is -2.36. The second kappa shape index (κ2) is 4.44. The van der Waals surface area contributed by atoms with Gasteiger partial charge >= 0.3 is 0 Å². The second-order valence-corrected chi connectivity index (χ2v) is 7.15. The topological polar surface area (TPSA) is 41.5 Å². The fourth-order valence-electron chi connectivity index (χ4n) is 3.17. The van der Waals surface area contributed by atoms with Crippen molar-refractivity contribution >= 4 is 27.4 Å². The molecule has 0 unspecified atom stereocenters. The molecule has 1 aromatic rings. The summed E-state index contributed by atoms with van der Waals surface area (Å²) in [6.07, 6.45) is 1.63. The van der Waals surface area contributed by atoms with Gasteiger partial charge in [-0.2, -0.15) is 5.10 Å². The lowest BCUT2D eigenvalue weighted by Crippen LogP contribution is -2.45. The molecule has 1 aliphatic heterocycles. The van der Waals surface area contributed by atoms with Crippen LogP contribution in [0.1, 0.15) is 32.3 Å². The van der Waals surface area contributed by atoms with Gasteiger partial charge in [-0.3, -0.25) is 4.79 Å². The van der Waals surface area contributed by atoms with Crippen molar-refractivity contribution in [2.45, 2.75) is 32.7 Å². The van der Waals surface area contributed by atoms with Crippen molar-refractivity contribution < 1.29 is 4.79 Å². The van der Waals surface area contributed by atoms with Crippen molar-refractivity contribution in [1.82, 2.24) is 5.43 Å². The molecule has 0 bridgehead atoms. The van der Waals surface area contributed by atoms with Crippen LogP contribution in [0.25, 0.3) is 0 Å². The van der Waals surface area contributed by atoms with E-state index in [2.05, 4.69) is 40.3 Å². The van der Waals surface area contributed by atoms with Gasteiger partial charge < -0.3 is 5.43 Å². The Morgan fingerprint density at radius 1 is 1.42 bits per heavy atom. The Kier molecular flexibility index (Phi) is 3.01. The molecule has 19 heavy (non-hydrogen) atoms. The Balaban J connectivity index is 1.93. The minimum absolute atomic E-state index is 0.0769. The number of carbonyl (C=O) groups excluding carboxylic acids is 1. The first-order valence-corrected chi connectivity index (χ1v) is 7.37. The van der Waals surface area contributed by atoms with Crippen LogP contribution in [0.4, 0.5) is 0 Å². The van der Waals surface area contributed by atoms with Crippen LogP contribution in [0.3, 0.4) is 0 Å².